The molecule has 0 saturated carbocycles. The first kappa shape index (κ1) is 13.0. The van der Waals surface area contributed by atoms with Crippen molar-refractivity contribution >= 4 is 33.5 Å². The fourth-order valence-corrected chi connectivity index (χ4v) is 2.67. The third kappa shape index (κ3) is 2.07. The number of pyridine rings is 1. The predicted octanol–water partition coefficient (Wildman–Crippen LogP) is 4.66. The maximum absolute atomic E-state index is 12.2. The summed E-state index contributed by atoms with van der Waals surface area (Å²) in [4.78, 5) is 16.7. The summed E-state index contributed by atoms with van der Waals surface area (Å²) in [6.07, 6.45) is 1.76. The van der Waals surface area contributed by atoms with E-state index >= 15 is 0 Å². The second-order valence-electron chi connectivity index (χ2n) is 5.01. The molecule has 22 heavy (non-hydrogen) atoms. The molecule has 2 aromatic carbocycles. The van der Waals surface area contributed by atoms with Crippen LogP contribution in [0.15, 0.2) is 70.0 Å². The highest BCUT2D eigenvalue weighted by atomic mass is 35.5. The number of aromatic nitrogens is 1. The molecule has 0 aliphatic carbocycles. The number of halogens is 1. The van der Waals surface area contributed by atoms with E-state index in [-0.39, 0.29) is 5.63 Å². The third-order valence-electron chi connectivity index (χ3n) is 3.63. The maximum Gasteiger partial charge on any atom is 0.345 e. The summed E-state index contributed by atoms with van der Waals surface area (Å²) in [5.74, 6) is 0. The Morgan fingerprint density at radius 3 is 2.50 bits per heavy atom. The molecule has 2 aromatic heterocycles. The summed E-state index contributed by atoms with van der Waals surface area (Å²) >= 11 is 5.90. The molecule has 4 aromatic rings. The first-order valence-electron chi connectivity index (χ1n) is 6.80. The fraction of sp³-hybridized carbons (Fsp3) is 0. The van der Waals surface area contributed by atoms with E-state index in [9.17, 15) is 4.79 Å². The van der Waals surface area contributed by atoms with Crippen LogP contribution in [0, 0.1) is 0 Å². The van der Waals surface area contributed by atoms with Gasteiger partial charge >= 0.3 is 5.63 Å². The van der Waals surface area contributed by atoms with Crippen LogP contribution in [0.4, 0.5) is 0 Å². The molecule has 0 unspecified atom stereocenters. The van der Waals surface area contributed by atoms with Gasteiger partial charge in [-0.2, -0.15) is 0 Å². The van der Waals surface area contributed by atoms with Crippen LogP contribution in [0.1, 0.15) is 0 Å². The molecule has 0 N–H and O–H groups in total. The number of rotatable bonds is 1. The summed E-state index contributed by atoms with van der Waals surface area (Å²) in [7, 11) is 0. The Morgan fingerprint density at radius 1 is 0.909 bits per heavy atom. The molecule has 0 radical (unpaired) electrons. The van der Waals surface area contributed by atoms with Crippen LogP contribution in [0.25, 0.3) is 33.0 Å². The molecule has 106 valence electrons. The van der Waals surface area contributed by atoms with Gasteiger partial charge in [0.1, 0.15) is 5.58 Å². The SMILES string of the molecule is O=c1oc2ccccc2c2ncc(-c3ccc(Cl)cc3)cc12. The quantitative estimate of drug-likeness (QED) is 0.379. The Balaban J connectivity index is 2.02. The van der Waals surface area contributed by atoms with Gasteiger partial charge in [-0.15, -0.1) is 0 Å². The summed E-state index contributed by atoms with van der Waals surface area (Å²) in [5.41, 5.74) is 2.63. The van der Waals surface area contributed by atoms with Crippen LogP contribution in [-0.2, 0) is 0 Å². The van der Waals surface area contributed by atoms with Crippen LogP contribution in [0.3, 0.4) is 0 Å². The second kappa shape index (κ2) is 4.97. The highest BCUT2D eigenvalue weighted by molar-refractivity contribution is 6.30. The van der Waals surface area contributed by atoms with Crippen molar-refractivity contribution in [3.63, 3.8) is 0 Å². The zero-order chi connectivity index (χ0) is 15.1. The van der Waals surface area contributed by atoms with Gasteiger partial charge in [0.25, 0.3) is 0 Å². The van der Waals surface area contributed by atoms with E-state index in [0.29, 0.717) is 21.5 Å². The average Bonchev–Trinajstić information content (AvgIpc) is 2.55. The normalized spacial score (nSPS) is 11.1. The van der Waals surface area contributed by atoms with Gasteiger partial charge in [-0.3, -0.25) is 4.98 Å². The molecule has 0 aliphatic heterocycles. The van der Waals surface area contributed by atoms with Gasteiger partial charge in [-0.05, 0) is 35.9 Å². The summed E-state index contributed by atoms with van der Waals surface area (Å²) in [5, 5.41) is 1.98. The Kier molecular flexibility index (Phi) is 2.94. The predicted molar refractivity (Wildman–Crippen MR) is 88.2 cm³/mol. The number of benzene rings is 2. The first-order chi connectivity index (χ1) is 10.7. The van der Waals surface area contributed by atoms with E-state index in [4.69, 9.17) is 16.0 Å². The lowest BCUT2D eigenvalue weighted by Gasteiger charge is -2.05. The molecular weight excluding hydrogens is 298 g/mol. The Hall–Kier alpha value is -2.65. The molecule has 0 aliphatic rings. The van der Waals surface area contributed by atoms with Crippen molar-refractivity contribution in [3.05, 3.63) is 76.2 Å². The minimum atomic E-state index is -0.378. The average molecular weight is 308 g/mol. The Labute approximate surface area is 130 Å². The van der Waals surface area contributed by atoms with Crippen LogP contribution < -0.4 is 5.63 Å². The van der Waals surface area contributed by atoms with E-state index in [2.05, 4.69) is 4.98 Å². The molecule has 4 heteroatoms. The molecule has 4 rings (SSSR count). The van der Waals surface area contributed by atoms with E-state index in [1.807, 2.05) is 48.5 Å². The van der Waals surface area contributed by atoms with Crippen molar-refractivity contribution in [1.29, 1.82) is 0 Å². The molecule has 3 nitrogen and oxygen atoms in total. The van der Waals surface area contributed by atoms with E-state index in [1.165, 1.54) is 0 Å². The highest BCUT2D eigenvalue weighted by Gasteiger charge is 2.09. The largest absolute Gasteiger partial charge is 0.422 e. The maximum atomic E-state index is 12.2. The Bertz CT molecular complexity index is 1050. The minimum absolute atomic E-state index is 0.378. The first-order valence-corrected chi connectivity index (χ1v) is 7.18. The number of hydrogen-bond acceptors (Lipinski definition) is 3. The molecule has 2 heterocycles. The number of nitrogens with zero attached hydrogens (tertiary/aromatic N) is 1. The van der Waals surface area contributed by atoms with Crippen LogP contribution in [0.2, 0.25) is 5.02 Å². The van der Waals surface area contributed by atoms with Gasteiger partial charge in [0.15, 0.2) is 0 Å². The molecule has 0 spiro atoms. The van der Waals surface area contributed by atoms with Gasteiger partial charge < -0.3 is 4.42 Å². The highest BCUT2D eigenvalue weighted by Crippen LogP contribution is 2.26. The van der Waals surface area contributed by atoms with E-state index in [1.54, 1.807) is 12.3 Å². The van der Waals surface area contributed by atoms with Gasteiger partial charge in [-0.1, -0.05) is 35.9 Å². The topological polar surface area (TPSA) is 43.1 Å². The number of fused-ring (bicyclic) bond motifs is 3. The zero-order valence-corrected chi connectivity index (χ0v) is 12.2. The molecule has 0 amide bonds. The molecule has 0 saturated heterocycles. The van der Waals surface area contributed by atoms with Crippen molar-refractivity contribution in [2.45, 2.75) is 0 Å². The van der Waals surface area contributed by atoms with Crippen LogP contribution >= 0.6 is 11.6 Å². The van der Waals surface area contributed by atoms with Crippen molar-refractivity contribution in [1.82, 2.24) is 4.98 Å². The van der Waals surface area contributed by atoms with Crippen LogP contribution in [-0.4, -0.2) is 4.98 Å². The lowest BCUT2D eigenvalue weighted by Crippen LogP contribution is -2.01. The van der Waals surface area contributed by atoms with E-state index in [0.717, 1.165) is 16.5 Å². The standard InChI is InChI=1S/C18H10ClNO2/c19-13-7-5-11(6-8-13)12-9-15-17(20-10-12)14-3-1-2-4-16(14)22-18(15)21/h1-10H. The second-order valence-corrected chi connectivity index (χ2v) is 5.45. The van der Waals surface area contributed by atoms with Gasteiger partial charge in [0.05, 0.1) is 10.9 Å². The molecule has 0 fully saturated rings. The summed E-state index contributed by atoms with van der Waals surface area (Å²) in [6, 6.07) is 16.6. The lowest BCUT2D eigenvalue weighted by atomic mass is 10.1. The third-order valence-corrected chi connectivity index (χ3v) is 3.88. The van der Waals surface area contributed by atoms with E-state index < -0.39 is 0 Å². The van der Waals surface area contributed by atoms with Crippen LogP contribution in [0.5, 0.6) is 0 Å². The monoisotopic (exact) mass is 307 g/mol. The van der Waals surface area contributed by atoms with Crippen molar-refractivity contribution in [2.75, 3.05) is 0 Å². The minimum Gasteiger partial charge on any atom is -0.422 e. The Morgan fingerprint density at radius 2 is 1.68 bits per heavy atom. The summed E-state index contributed by atoms with van der Waals surface area (Å²) < 4.78 is 5.37. The summed E-state index contributed by atoms with van der Waals surface area (Å²) in [6.45, 7) is 0. The van der Waals surface area contributed by atoms with Crippen molar-refractivity contribution in [3.8, 4) is 11.1 Å². The molecule has 0 bridgehead atoms. The van der Waals surface area contributed by atoms with Gasteiger partial charge in [-0.25, -0.2) is 4.79 Å². The van der Waals surface area contributed by atoms with Gasteiger partial charge in [0, 0.05) is 22.2 Å². The van der Waals surface area contributed by atoms with Crippen molar-refractivity contribution < 1.29 is 4.42 Å². The lowest BCUT2D eigenvalue weighted by molar-refractivity contribution is 0.569. The smallest absolute Gasteiger partial charge is 0.345 e. The number of hydrogen-bond donors (Lipinski definition) is 0. The zero-order valence-electron chi connectivity index (χ0n) is 11.4. The molecular formula is C18H10ClNO2. The van der Waals surface area contributed by atoms with Gasteiger partial charge in [0.2, 0.25) is 0 Å². The number of para-hydroxylation sites is 1. The fourth-order valence-electron chi connectivity index (χ4n) is 2.54. The molecule has 0 atom stereocenters. The van der Waals surface area contributed by atoms with Crippen molar-refractivity contribution in [2.24, 2.45) is 0 Å².